The van der Waals surface area contributed by atoms with Gasteiger partial charge >= 0.3 is 5.69 Å². The highest BCUT2D eigenvalue weighted by atomic mass is 35.5. The Bertz CT molecular complexity index is 1340. The Balaban J connectivity index is 2.11. The van der Waals surface area contributed by atoms with Gasteiger partial charge in [-0.15, -0.1) is 0 Å². The molecule has 0 radical (unpaired) electrons. The Labute approximate surface area is 157 Å². The second kappa shape index (κ2) is 5.82. The van der Waals surface area contributed by atoms with Crippen LogP contribution in [0.1, 0.15) is 17.0 Å². The zero-order valence-electron chi connectivity index (χ0n) is 15.2. The Morgan fingerprint density at radius 3 is 2.48 bits per heavy atom. The van der Waals surface area contributed by atoms with E-state index in [1.54, 1.807) is 28.1 Å². The third kappa shape index (κ3) is 2.29. The summed E-state index contributed by atoms with van der Waals surface area (Å²) in [7, 11) is 3.00. The number of fused-ring (bicyclic) bond motifs is 3. The highest BCUT2D eigenvalue weighted by Gasteiger charge is 2.22. The van der Waals surface area contributed by atoms with E-state index in [1.807, 2.05) is 13.8 Å². The van der Waals surface area contributed by atoms with Crippen LogP contribution in [-0.2, 0) is 20.6 Å². The number of imidazole rings is 2. The predicted octanol–water partition coefficient (Wildman–Crippen LogP) is 2.14. The van der Waals surface area contributed by atoms with Crippen LogP contribution in [0.25, 0.3) is 16.9 Å². The van der Waals surface area contributed by atoms with Crippen molar-refractivity contribution in [3.63, 3.8) is 0 Å². The number of nitrogens with zero attached hydrogens (tertiary/aromatic N) is 5. The van der Waals surface area contributed by atoms with Gasteiger partial charge in [0, 0.05) is 36.1 Å². The number of rotatable bonds is 2. The van der Waals surface area contributed by atoms with Gasteiger partial charge in [-0.2, -0.15) is 4.98 Å². The van der Waals surface area contributed by atoms with Crippen molar-refractivity contribution in [3.8, 4) is 0 Å². The number of aromatic nitrogens is 5. The van der Waals surface area contributed by atoms with Crippen LogP contribution in [0.3, 0.4) is 0 Å². The van der Waals surface area contributed by atoms with Crippen LogP contribution in [0.15, 0.2) is 27.8 Å². The van der Waals surface area contributed by atoms with Crippen molar-refractivity contribution in [2.24, 2.45) is 14.1 Å². The summed E-state index contributed by atoms with van der Waals surface area (Å²) >= 11 is 6.18. The van der Waals surface area contributed by atoms with Gasteiger partial charge in [0.2, 0.25) is 5.78 Å². The monoisotopic (exact) mass is 389 g/mol. The lowest BCUT2D eigenvalue weighted by Crippen LogP contribution is -2.37. The first-order valence-corrected chi connectivity index (χ1v) is 8.68. The number of halogens is 2. The fourth-order valence-corrected chi connectivity index (χ4v) is 3.64. The van der Waals surface area contributed by atoms with Gasteiger partial charge in [-0.1, -0.05) is 17.7 Å². The van der Waals surface area contributed by atoms with Crippen molar-refractivity contribution in [2.75, 3.05) is 0 Å². The van der Waals surface area contributed by atoms with Crippen LogP contribution in [0.2, 0.25) is 5.02 Å². The fourth-order valence-electron chi connectivity index (χ4n) is 3.42. The Kier molecular flexibility index (Phi) is 3.78. The molecular weight excluding hydrogens is 373 g/mol. The van der Waals surface area contributed by atoms with Gasteiger partial charge < -0.3 is 4.57 Å². The molecule has 0 aliphatic heterocycles. The van der Waals surface area contributed by atoms with Crippen molar-refractivity contribution >= 4 is 28.5 Å². The highest BCUT2D eigenvalue weighted by Crippen LogP contribution is 2.25. The van der Waals surface area contributed by atoms with Crippen LogP contribution in [0.4, 0.5) is 4.39 Å². The summed E-state index contributed by atoms with van der Waals surface area (Å²) in [4.78, 5) is 29.5. The standard InChI is InChI=1S/C18H17ClFN5O2/c1-9-10(2)25-14-15(22(3)18(27)23(4)16(14)26)21-17(25)24(9)8-11-12(19)6-5-7-13(11)20/h5-7H,8H2,1-4H3. The summed E-state index contributed by atoms with van der Waals surface area (Å²) < 4.78 is 20.2. The zero-order valence-corrected chi connectivity index (χ0v) is 16.0. The van der Waals surface area contributed by atoms with Gasteiger partial charge in [-0.3, -0.25) is 18.3 Å². The van der Waals surface area contributed by atoms with E-state index in [0.29, 0.717) is 21.9 Å². The van der Waals surface area contributed by atoms with Crippen LogP contribution in [0.5, 0.6) is 0 Å². The summed E-state index contributed by atoms with van der Waals surface area (Å²) in [6.07, 6.45) is 0. The molecule has 0 unspecified atom stereocenters. The molecule has 0 saturated carbocycles. The predicted molar refractivity (Wildman–Crippen MR) is 101 cm³/mol. The maximum Gasteiger partial charge on any atom is 0.332 e. The van der Waals surface area contributed by atoms with Gasteiger partial charge in [-0.05, 0) is 26.0 Å². The van der Waals surface area contributed by atoms with Crippen LogP contribution >= 0.6 is 11.6 Å². The van der Waals surface area contributed by atoms with E-state index in [1.165, 1.54) is 17.7 Å². The molecule has 0 saturated heterocycles. The van der Waals surface area contributed by atoms with Crippen molar-refractivity contribution in [3.05, 3.63) is 66.8 Å². The van der Waals surface area contributed by atoms with E-state index in [2.05, 4.69) is 4.98 Å². The first kappa shape index (κ1) is 17.5. The average molecular weight is 390 g/mol. The summed E-state index contributed by atoms with van der Waals surface area (Å²) in [5.74, 6) is 0.0449. The lowest BCUT2D eigenvalue weighted by molar-refractivity contribution is 0.599. The minimum atomic E-state index is -0.452. The first-order chi connectivity index (χ1) is 12.7. The molecule has 7 nitrogen and oxygen atoms in total. The molecular formula is C18H17ClFN5O2. The van der Waals surface area contributed by atoms with Crippen LogP contribution < -0.4 is 11.2 Å². The molecule has 4 rings (SSSR count). The molecule has 27 heavy (non-hydrogen) atoms. The second-order valence-electron chi connectivity index (χ2n) is 6.58. The molecule has 0 bridgehead atoms. The first-order valence-electron chi connectivity index (χ1n) is 8.30. The third-order valence-corrected chi connectivity index (χ3v) is 5.48. The molecule has 0 spiro atoms. The Hall–Kier alpha value is -2.87. The molecule has 0 aliphatic carbocycles. The minimum absolute atomic E-state index is 0.159. The summed E-state index contributed by atoms with van der Waals surface area (Å²) in [6.45, 7) is 3.89. The highest BCUT2D eigenvalue weighted by molar-refractivity contribution is 6.31. The average Bonchev–Trinajstić information content (AvgIpc) is 3.12. The van der Waals surface area contributed by atoms with Crippen molar-refractivity contribution in [2.45, 2.75) is 20.4 Å². The Morgan fingerprint density at radius 1 is 1.11 bits per heavy atom. The van der Waals surface area contributed by atoms with Gasteiger partial charge in [0.05, 0.1) is 6.54 Å². The summed E-state index contributed by atoms with van der Waals surface area (Å²) in [5, 5.41) is 0.318. The number of aryl methyl sites for hydroxylation is 2. The minimum Gasteiger partial charge on any atom is -0.309 e. The molecule has 0 N–H and O–H groups in total. The summed E-state index contributed by atoms with van der Waals surface area (Å²) in [6, 6.07) is 4.53. The maximum atomic E-state index is 14.3. The van der Waals surface area contributed by atoms with Gasteiger partial charge in [0.15, 0.2) is 11.2 Å². The number of hydrogen-bond acceptors (Lipinski definition) is 3. The zero-order chi connectivity index (χ0) is 19.6. The molecule has 3 heterocycles. The van der Waals surface area contributed by atoms with E-state index < -0.39 is 17.1 Å². The van der Waals surface area contributed by atoms with Crippen molar-refractivity contribution < 1.29 is 4.39 Å². The van der Waals surface area contributed by atoms with E-state index in [4.69, 9.17) is 11.6 Å². The molecule has 140 valence electrons. The third-order valence-electron chi connectivity index (χ3n) is 5.12. The van der Waals surface area contributed by atoms with Crippen LogP contribution in [-0.4, -0.2) is 23.1 Å². The fraction of sp³-hybridized carbons (Fsp3) is 0.278. The van der Waals surface area contributed by atoms with E-state index >= 15 is 0 Å². The van der Waals surface area contributed by atoms with Crippen molar-refractivity contribution in [1.29, 1.82) is 0 Å². The molecule has 0 atom stereocenters. The molecule has 0 amide bonds. The Morgan fingerprint density at radius 2 is 1.81 bits per heavy atom. The van der Waals surface area contributed by atoms with E-state index in [-0.39, 0.29) is 12.2 Å². The quantitative estimate of drug-likeness (QED) is 0.527. The normalized spacial score (nSPS) is 11.8. The maximum absolute atomic E-state index is 14.3. The lowest BCUT2D eigenvalue weighted by atomic mass is 10.2. The molecule has 9 heteroatoms. The summed E-state index contributed by atoms with van der Waals surface area (Å²) in [5.41, 5.74) is 1.68. The topological polar surface area (TPSA) is 66.2 Å². The van der Waals surface area contributed by atoms with Crippen LogP contribution in [0, 0.1) is 19.7 Å². The molecule has 0 fully saturated rings. The smallest absolute Gasteiger partial charge is 0.309 e. The lowest BCUT2D eigenvalue weighted by Gasteiger charge is -2.09. The van der Waals surface area contributed by atoms with Gasteiger partial charge in [0.25, 0.3) is 5.56 Å². The van der Waals surface area contributed by atoms with E-state index in [0.717, 1.165) is 16.0 Å². The molecule has 4 aromatic rings. The molecule has 1 aromatic carbocycles. The van der Waals surface area contributed by atoms with E-state index in [9.17, 15) is 14.0 Å². The van der Waals surface area contributed by atoms with Gasteiger partial charge in [0.1, 0.15) is 5.82 Å². The number of benzene rings is 1. The second-order valence-corrected chi connectivity index (χ2v) is 6.99. The largest absolute Gasteiger partial charge is 0.332 e. The SMILES string of the molecule is Cc1c(C)n2c3c(=O)n(C)c(=O)n(C)c3nc2n1Cc1c(F)cccc1Cl. The molecule has 3 aromatic heterocycles. The molecule has 0 aliphatic rings. The van der Waals surface area contributed by atoms with Crippen molar-refractivity contribution in [1.82, 2.24) is 23.1 Å². The number of hydrogen-bond donors (Lipinski definition) is 0. The van der Waals surface area contributed by atoms with Gasteiger partial charge in [-0.25, -0.2) is 9.18 Å².